The first kappa shape index (κ1) is 21.3. The first-order valence-corrected chi connectivity index (χ1v) is 9.13. The zero-order valence-electron chi connectivity index (χ0n) is 15.4. The molecule has 0 aliphatic carbocycles. The van der Waals surface area contributed by atoms with Gasteiger partial charge in [-0.3, -0.25) is 4.98 Å². The van der Waals surface area contributed by atoms with Crippen molar-refractivity contribution in [1.82, 2.24) is 20.3 Å². The number of halogens is 4. The monoisotopic (exact) mass is 424 g/mol. The van der Waals surface area contributed by atoms with Gasteiger partial charge in [-0.25, -0.2) is 9.97 Å². The van der Waals surface area contributed by atoms with Gasteiger partial charge in [0, 0.05) is 30.4 Å². The van der Waals surface area contributed by atoms with Crippen molar-refractivity contribution in [2.24, 2.45) is 5.92 Å². The van der Waals surface area contributed by atoms with E-state index in [2.05, 4.69) is 20.3 Å². The second-order valence-electron chi connectivity index (χ2n) is 6.84. The van der Waals surface area contributed by atoms with Crippen LogP contribution in [0.5, 0.6) is 5.88 Å². The van der Waals surface area contributed by atoms with Crippen molar-refractivity contribution in [3.63, 3.8) is 0 Å². The van der Waals surface area contributed by atoms with E-state index in [4.69, 9.17) is 4.74 Å². The normalized spacial score (nSPS) is 17.0. The number of alkyl halides is 3. The lowest BCUT2D eigenvalue weighted by Crippen LogP contribution is -2.33. The van der Waals surface area contributed by atoms with E-state index >= 15 is 0 Å². The molecule has 5 nitrogen and oxygen atoms in total. The number of piperidine rings is 1. The summed E-state index contributed by atoms with van der Waals surface area (Å²) >= 11 is 0. The molecular formula is C20H20ClF3N4O. The number of nitrogens with one attached hydrogen (secondary N) is 1. The van der Waals surface area contributed by atoms with Crippen LogP contribution in [0.4, 0.5) is 13.2 Å². The highest BCUT2D eigenvalue weighted by molar-refractivity contribution is 5.85. The standard InChI is InChI=1S/C20H19F3N4O.ClH/c21-20(22,23)15-5-3-14(4-6-15)16-10-17-18(26-9-8-25-17)19(27-16)28-12-13-2-1-7-24-11-13;/h3-6,8-10,13,24H,1-2,7,11-12H2;1H/t13-;/m0./s1. The van der Waals surface area contributed by atoms with Gasteiger partial charge >= 0.3 is 6.18 Å². The number of nitrogens with zero attached hydrogens (tertiary/aromatic N) is 3. The average molecular weight is 425 g/mol. The summed E-state index contributed by atoms with van der Waals surface area (Å²) < 4.78 is 44.4. The molecule has 1 aromatic carbocycles. The Morgan fingerprint density at radius 2 is 1.86 bits per heavy atom. The van der Waals surface area contributed by atoms with Crippen LogP contribution in [-0.4, -0.2) is 34.6 Å². The zero-order valence-corrected chi connectivity index (χ0v) is 16.3. The number of hydrogen-bond acceptors (Lipinski definition) is 5. The number of fused-ring (bicyclic) bond motifs is 1. The molecule has 0 spiro atoms. The molecule has 4 rings (SSSR count). The highest BCUT2D eigenvalue weighted by Gasteiger charge is 2.30. The molecule has 0 unspecified atom stereocenters. The van der Waals surface area contributed by atoms with Crippen molar-refractivity contribution in [1.29, 1.82) is 0 Å². The second-order valence-corrected chi connectivity index (χ2v) is 6.84. The van der Waals surface area contributed by atoms with Gasteiger partial charge in [-0.1, -0.05) is 12.1 Å². The van der Waals surface area contributed by atoms with E-state index in [9.17, 15) is 13.2 Å². The minimum atomic E-state index is -4.37. The van der Waals surface area contributed by atoms with E-state index in [1.54, 1.807) is 18.5 Å². The highest BCUT2D eigenvalue weighted by Crippen LogP contribution is 2.32. The summed E-state index contributed by atoms with van der Waals surface area (Å²) in [4.78, 5) is 13.1. The third kappa shape index (κ3) is 4.94. The molecule has 1 atom stereocenters. The van der Waals surface area contributed by atoms with Gasteiger partial charge < -0.3 is 10.1 Å². The fourth-order valence-corrected chi connectivity index (χ4v) is 3.28. The van der Waals surface area contributed by atoms with Gasteiger partial charge in [-0.15, -0.1) is 12.4 Å². The maximum Gasteiger partial charge on any atom is 0.416 e. The van der Waals surface area contributed by atoms with Crippen LogP contribution in [-0.2, 0) is 6.18 Å². The maximum absolute atomic E-state index is 12.8. The number of ether oxygens (including phenoxy) is 1. The summed E-state index contributed by atoms with van der Waals surface area (Å²) in [6.45, 7) is 2.41. The predicted octanol–water partition coefficient (Wildman–Crippen LogP) is 4.51. The van der Waals surface area contributed by atoms with Crippen LogP contribution in [0.1, 0.15) is 18.4 Å². The van der Waals surface area contributed by atoms with E-state index < -0.39 is 11.7 Å². The van der Waals surface area contributed by atoms with Crippen molar-refractivity contribution in [2.45, 2.75) is 19.0 Å². The predicted molar refractivity (Wildman–Crippen MR) is 106 cm³/mol. The van der Waals surface area contributed by atoms with Crippen LogP contribution in [0, 0.1) is 5.92 Å². The van der Waals surface area contributed by atoms with Gasteiger partial charge in [0.25, 0.3) is 0 Å². The first-order chi connectivity index (χ1) is 13.5. The van der Waals surface area contributed by atoms with Crippen molar-refractivity contribution in [3.05, 3.63) is 48.3 Å². The Bertz CT molecular complexity index is 960. The van der Waals surface area contributed by atoms with Gasteiger partial charge in [0.15, 0.2) is 5.52 Å². The fourth-order valence-electron chi connectivity index (χ4n) is 3.28. The minimum absolute atomic E-state index is 0. The molecular weight excluding hydrogens is 405 g/mol. The Morgan fingerprint density at radius 1 is 1.10 bits per heavy atom. The van der Waals surface area contributed by atoms with Crippen LogP contribution in [0.3, 0.4) is 0 Å². The largest absolute Gasteiger partial charge is 0.476 e. The summed E-state index contributed by atoms with van der Waals surface area (Å²) in [6.07, 6.45) is 0.941. The molecule has 3 heterocycles. The van der Waals surface area contributed by atoms with Crippen molar-refractivity contribution in [3.8, 4) is 17.1 Å². The van der Waals surface area contributed by atoms with E-state index in [-0.39, 0.29) is 12.4 Å². The molecule has 0 amide bonds. The first-order valence-electron chi connectivity index (χ1n) is 9.13. The van der Waals surface area contributed by atoms with Crippen molar-refractivity contribution >= 4 is 23.4 Å². The van der Waals surface area contributed by atoms with Crippen LogP contribution in [0.15, 0.2) is 42.7 Å². The van der Waals surface area contributed by atoms with E-state index in [1.165, 1.54) is 12.1 Å². The zero-order chi connectivity index (χ0) is 19.6. The molecule has 154 valence electrons. The number of rotatable bonds is 4. The number of benzene rings is 1. The smallest absolute Gasteiger partial charge is 0.416 e. The van der Waals surface area contributed by atoms with Crippen LogP contribution in [0.25, 0.3) is 22.3 Å². The summed E-state index contributed by atoms with van der Waals surface area (Å²) in [5.74, 6) is 0.739. The molecule has 1 aliphatic heterocycles. The van der Waals surface area contributed by atoms with Crippen LogP contribution < -0.4 is 10.1 Å². The van der Waals surface area contributed by atoms with E-state index in [0.29, 0.717) is 40.7 Å². The topological polar surface area (TPSA) is 59.9 Å². The Balaban J connectivity index is 0.00000240. The molecule has 0 radical (unpaired) electrons. The Labute approximate surface area is 172 Å². The lowest BCUT2D eigenvalue weighted by atomic mass is 10.0. The van der Waals surface area contributed by atoms with Gasteiger partial charge in [0.2, 0.25) is 5.88 Å². The number of aromatic nitrogens is 3. The number of pyridine rings is 1. The SMILES string of the molecule is Cl.FC(F)(F)c1ccc(-c2cc3nccnc3c(OC[C@H]3CCCNC3)n2)cc1. The van der Waals surface area contributed by atoms with Crippen molar-refractivity contribution in [2.75, 3.05) is 19.7 Å². The van der Waals surface area contributed by atoms with Gasteiger partial charge in [0.05, 0.1) is 23.4 Å². The minimum Gasteiger partial charge on any atom is -0.476 e. The third-order valence-corrected chi connectivity index (χ3v) is 4.79. The average Bonchev–Trinajstić information content (AvgIpc) is 2.72. The molecule has 2 aromatic heterocycles. The summed E-state index contributed by atoms with van der Waals surface area (Å²) in [6, 6.07) is 6.61. The van der Waals surface area contributed by atoms with Gasteiger partial charge in [0.1, 0.15) is 0 Å². The van der Waals surface area contributed by atoms with Gasteiger partial charge in [-0.05, 0) is 37.6 Å². The third-order valence-electron chi connectivity index (χ3n) is 4.79. The van der Waals surface area contributed by atoms with Crippen LogP contribution >= 0.6 is 12.4 Å². The molecule has 0 saturated carbocycles. The summed E-state index contributed by atoms with van der Waals surface area (Å²) in [5, 5.41) is 3.34. The van der Waals surface area contributed by atoms with E-state index in [1.807, 2.05) is 0 Å². The molecule has 29 heavy (non-hydrogen) atoms. The fraction of sp³-hybridized carbons (Fsp3) is 0.350. The van der Waals surface area contributed by atoms with Gasteiger partial charge in [-0.2, -0.15) is 13.2 Å². The maximum atomic E-state index is 12.8. The molecule has 1 N–H and O–H groups in total. The quantitative estimate of drug-likeness (QED) is 0.667. The lowest BCUT2D eigenvalue weighted by Gasteiger charge is -2.22. The lowest BCUT2D eigenvalue weighted by molar-refractivity contribution is -0.137. The molecule has 3 aromatic rings. The molecule has 9 heteroatoms. The van der Waals surface area contributed by atoms with Crippen molar-refractivity contribution < 1.29 is 17.9 Å². The molecule has 1 aliphatic rings. The molecule has 1 fully saturated rings. The highest BCUT2D eigenvalue weighted by atomic mass is 35.5. The Hall–Kier alpha value is -2.45. The molecule has 0 bridgehead atoms. The summed E-state index contributed by atoms with van der Waals surface area (Å²) in [7, 11) is 0. The second kappa shape index (κ2) is 8.92. The summed E-state index contributed by atoms with van der Waals surface area (Å²) in [5.41, 5.74) is 1.49. The van der Waals surface area contributed by atoms with E-state index in [0.717, 1.165) is 38.1 Å². The van der Waals surface area contributed by atoms with Crippen LogP contribution in [0.2, 0.25) is 0 Å². The number of hydrogen-bond donors (Lipinski definition) is 1. The Kier molecular flexibility index (Phi) is 6.54. The molecule has 1 saturated heterocycles. The Morgan fingerprint density at radius 3 is 2.55 bits per heavy atom.